The molecule has 194 valence electrons. The van der Waals surface area contributed by atoms with Gasteiger partial charge in [0.25, 0.3) is 5.91 Å². The Balaban J connectivity index is 1.20. The molecule has 38 heavy (non-hydrogen) atoms. The molecule has 1 saturated heterocycles. The molecule has 1 aromatic heterocycles. The predicted octanol–water partition coefficient (Wildman–Crippen LogP) is 5.56. The van der Waals surface area contributed by atoms with E-state index in [1.807, 2.05) is 59.5 Å². The van der Waals surface area contributed by atoms with E-state index < -0.39 is 0 Å². The van der Waals surface area contributed by atoms with Crippen molar-refractivity contribution in [1.82, 2.24) is 14.9 Å². The first-order chi connectivity index (χ1) is 18.6. The summed E-state index contributed by atoms with van der Waals surface area (Å²) in [6.07, 6.45) is 7.10. The topological polar surface area (TPSA) is 117 Å². The summed E-state index contributed by atoms with van der Waals surface area (Å²) in [5, 5.41) is 13.1. The zero-order chi connectivity index (χ0) is 26.3. The Morgan fingerprint density at radius 1 is 1.03 bits per heavy atom. The number of nitrogen functional groups attached to an aromatic ring is 1. The molecule has 0 radical (unpaired) electrons. The van der Waals surface area contributed by atoms with Crippen LogP contribution in [0, 0.1) is 17.2 Å². The second-order valence-corrected chi connectivity index (χ2v) is 9.84. The van der Waals surface area contributed by atoms with Gasteiger partial charge in [-0.15, -0.1) is 0 Å². The summed E-state index contributed by atoms with van der Waals surface area (Å²) in [6.45, 7) is 2.03. The maximum Gasteiger partial charge on any atom is 0.264 e. The van der Waals surface area contributed by atoms with E-state index in [9.17, 15) is 10.1 Å². The van der Waals surface area contributed by atoms with E-state index in [4.69, 9.17) is 10.5 Å². The van der Waals surface area contributed by atoms with Crippen LogP contribution in [-0.4, -0.2) is 40.4 Å². The van der Waals surface area contributed by atoms with E-state index in [1.165, 1.54) is 6.33 Å². The molecular weight excluding hydrogens is 476 g/mol. The van der Waals surface area contributed by atoms with Gasteiger partial charge in [-0.2, -0.15) is 5.26 Å². The molecule has 1 aliphatic carbocycles. The van der Waals surface area contributed by atoms with Crippen LogP contribution in [0.1, 0.15) is 38.5 Å². The summed E-state index contributed by atoms with van der Waals surface area (Å²) in [4.78, 5) is 23.5. The van der Waals surface area contributed by atoms with Crippen LogP contribution in [0.3, 0.4) is 0 Å². The van der Waals surface area contributed by atoms with E-state index in [1.54, 1.807) is 0 Å². The molecule has 5 rings (SSSR count). The van der Waals surface area contributed by atoms with Gasteiger partial charge in [0.2, 0.25) is 0 Å². The van der Waals surface area contributed by atoms with Crippen LogP contribution in [0.25, 0.3) is 11.1 Å². The molecule has 2 aromatic carbocycles. The molecule has 2 heterocycles. The number of hydrogen-bond donors (Lipinski definition) is 2. The van der Waals surface area contributed by atoms with Crippen molar-refractivity contribution in [3.05, 3.63) is 72.1 Å². The number of ether oxygens (including phenoxy) is 1. The van der Waals surface area contributed by atoms with Crippen molar-refractivity contribution in [3.63, 3.8) is 0 Å². The molecule has 1 saturated carbocycles. The minimum absolute atomic E-state index is 0.0960. The van der Waals surface area contributed by atoms with E-state index in [0.717, 1.165) is 66.7 Å². The fraction of sp³-hybridized carbons (Fsp3) is 0.333. The summed E-state index contributed by atoms with van der Waals surface area (Å²) in [6, 6.07) is 19.5. The summed E-state index contributed by atoms with van der Waals surface area (Å²) in [7, 11) is 0. The lowest BCUT2D eigenvalue weighted by Gasteiger charge is -2.32. The van der Waals surface area contributed by atoms with Gasteiger partial charge in [0.1, 0.15) is 41.1 Å². The molecule has 8 nitrogen and oxygen atoms in total. The number of hydrogen-bond acceptors (Lipinski definition) is 7. The normalized spacial score (nSPS) is 15.7. The summed E-state index contributed by atoms with van der Waals surface area (Å²) in [5.41, 5.74) is 9.34. The lowest BCUT2D eigenvalue weighted by molar-refractivity contribution is -0.128. The highest BCUT2D eigenvalue weighted by molar-refractivity contribution is 5.98. The van der Waals surface area contributed by atoms with Crippen LogP contribution >= 0.6 is 0 Å². The molecule has 2 aliphatic rings. The molecule has 8 heteroatoms. The summed E-state index contributed by atoms with van der Waals surface area (Å²) >= 11 is 0. The lowest BCUT2D eigenvalue weighted by atomic mass is 9.95. The minimum atomic E-state index is -0.0960. The lowest BCUT2D eigenvalue weighted by Crippen LogP contribution is -2.40. The largest absolute Gasteiger partial charge is 0.457 e. The number of amides is 1. The van der Waals surface area contributed by atoms with Gasteiger partial charge in [-0.25, -0.2) is 9.97 Å². The number of nitrogens with zero attached hydrogens (tertiary/aromatic N) is 4. The number of benzene rings is 2. The first-order valence-corrected chi connectivity index (χ1v) is 13.2. The molecule has 3 aromatic rings. The monoisotopic (exact) mass is 508 g/mol. The average Bonchev–Trinajstić information content (AvgIpc) is 3.48. The van der Waals surface area contributed by atoms with Crippen molar-refractivity contribution in [1.29, 1.82) is 5.26 Å². The van der Waals surface area contributed by atoms with Gasteiger partial charge in [-0.05, 0) is 79.8 Å². The molecule has 0 spiro atoms. The van der Waals surface area contributed by atoms with Gasteiger partial charge in [-0.1, -0.05) is 30.3 Å². The van der Waals surface area contributed by atoms with E-state index in [-0.39, 0.29) is 5.91 Å². The first-order valence-electron chi connectivity index (χ1n) is 13.2. The van der Waals surface area contributed by atoms with Crippen molar-refractivity contribution < 1.29 is 9.53 Å². The Morgan fingerprint density at radius 2 is 1.71 bits per heavy atom. The summed E-state index contributed by atoms with van der Waals surface area (Å²) in [5.74, 6) is 2.89. The molecule has 0 atom stereocenters. The number of piperidine rings is 1. The Labute approximate surface area is 223 Å². The van der Waals surface area contributed by atoms with Crippen molar-refractivity contribution in [2.75, 3.05) is 30.7 Å². The molecule has 0 bridgehead atoms. The van der Waals surface area contributed by atoms with Gasteiger partial charge in [0.05, 0.1) is 5.56 Å². The third-order valence-corrected chi connectivity index (χ3v) is 7.34. The van der Waals surface area contributed by atoms with E-state index in [0.29, 0.717) is 42.8 Å². The standard InChI is InChI=1S/C30H32N6O2/c31-18-26(22-6-4-5-7-22)30(37)36-16-14-21(15-17-36)19-33-29-27(28(32)34-20-35-29)23-10-12-25(13-11-23)38-24-8-2-1-3-9-24/h1-3,8-13,20-21H,4-7,14-17,19H2,(H3,32,33,34,35). The minimum Gasteiger partial charge on any atom is -0.457 e. The van der Waals surface area contributed by atoms with Gasteiger partial charge in [0.15, 0.2) is 0 Å². The van der Waals surface area contributed by atoms with Crippen molar-refractivity contribution >= 4 is 17.5 Å². The Kier molecular flexibility index (Phi) is 7.84. The van der Waals surface area contributed by atoms with Crippen LogP contribution in [0.2, 0.25) is 0 Å². The number of nitriles is 1. The van der Waals surface area contributed by atoms with Crippen LogP contribution in [0.15, 0.2) is 72.1 Å². The predicted molar refractivity (Wildman–Crippen MR) is 147 cm³/mol. The number of carbonyl (C=O) groups is 1. The van der Waals surface area contributed by atoms with Crippen LogP contribution in [-0.2, 0) is 4.79 Å². The second kappa shape index (κ2) is 11.8. The number of anilines is 2. The Hall–Kier alpha value is -4.38. The number of para-hydroxylation sites is 1. The highest BCUT2D eigenvalue weighted by Gasteiger charge is 2.27. The highest BCUT2D eigenvalue weighted by Crippen LogP contribution is 2.33. The van der Waals surface area contributed by atoms with Gasteiger partial charge < -0.3 is 20.7 Å². The molecule has 2 fully saturated rings. The van der Waals surface area contributed by atoms with E-state index in [2.05, 4.69) is 21.4 Å². The fourth-order valence-electron chi connectivity index (χ4n) is 5.20. The average molecular weight is 509 g/mol. The number of nitrogens with two attached hydrogens (primary N) is 1. The molecule has 0 unspecified atom stereocenters. The number of nitrogens with one attached hydrogen (secondary N) is 1. The quantitative estimate of drug-likeness (QED) is 0.317. The van der Waals surface area contributed by atoms with Crippen molar-refractivity contribution in [2.24, 2.45) is 5.92 Å². The number of likely N-dealkylation sites (tertiary alicyclic amines) is 1. The molecule has 1 aliphatic heterocycles. The number of aromatic nitrogens is 2. The fourth-order valence-corrected chi connectivity index (χ4v) is 5.20. The third kappa shape index (κ3) is 5.78. The number of carbonyl (C=O) groups excluding carboxylic acids is 1. The smallest absolute Gasteiger partial charge is 0.264 e. The molecule has 3 N–H and O–H groups in total. The SMILES string of the molecule is N#CC(C(=O)N1CCC(CNc2ncnc(N)c2-c2ccc(Oc3ccccc3)cc2)CC1)=C1CCCC1. The van der Waals surface area contributed by atoms with Gasteiger partial charge in [-0.3, -0.25) is 4.79 Å². The first kappa shape index (κ1) is 25.3. The molecular formula is C30H32N6O2. The Bertz CT molecular complexity index is 1330. The maximum absolute atomic E-state index is 13.0. The highest BCUT2D eigenvalue weighted by atomic mass is 16.5. The van der Waals surface area contributed by atoms with Crippen molar-refractivity contribution in [2.45, 2.75) is 38.5 Å². The maximum atomic E-state index is 13.0. The van der Waals surface area contributed by atoms with E-state index >= 15 is 0 Å². The third-order valence-electron chi connectivity index (χ3n) is 7.34. The summed E-state index contributed by atoms with van der Waals surface area (Å²) < 4.78 is 5.91. The zero-order valence-corrected chi connectivity index (χ0v) is 21.4. The van der Waals surface area contributed by atoms with Crippen LogP contribution in [0.4, 0.5) is 11.6 Å². The zero-order valence-electron chi connectivity index (χ0n) is 21.4. The van der Waals surface area contributed by atoms with Crippen molar-refractivity contribution in [3.8, 4) is 28.7 Å². The number of allylic oxidation sites excluding steroid dienone is 1. The van der Waals surface area contributed by atoms with Crippen LogP contribution in [0.5, 0.6) is 11.5 Å². The molecule has 1 amide bonds. The van der Waals surface area contributed by atoms with Crippen LogP contribution < -0.4 is 15.8 Å². The van der Waals surface area contributed by atoms with Gasteiger partial charge in [0, 0.05) is 19.6 Å². The Morgan fingerprint density at radius 3 is 2.39 bits per heavy atom. The van der Waals surface area contributed by atoms with Gasteiger partial charge >= 0.3 is 0 Å². The number of rotatable bonds is 7. The second-order valence-electron chi connectivity index (χ2n) is 9.84.